The number of aromatic nitrogens is 1. The molecule has 0 bridgehead atoms. The lowest BCUT2D eigenvalue weighted by molar-refractivity contribution is 0.0946. The minimum Gasteiger partial charge on any atom is -0.373 e. The number of anilines is 1. The van der Waals surface area contributed by atoms with Crippen molar-refractivity contribution in [2.75, 3.05) is 18.9 Å². The molecule has 1 saturated carbocycles. The Morgan fingerprint density at radius 3 is 2.80 bits per heavy atom. The Morgan fingerprint density at radius 2 is 2.20 bits per heavy atom. The third kappa shape index (κ3) is 3.95. The van der Waals surface area contributed by atoms with Gasteiger partial charge < -0.3 is 10.6 Å². The zero-order valence-corrected chi connectivity index (χ0v) is 12.7. The van der Waals surface area contributed by atoms with E-state index in [1.165, 1.54) is 12.8 Å². The normalized spacial score (nSPS) is 15.8. The van der Waals surface area contributed by atoms with Crippen molar-refractivity contribution in [3.05, 3.63) is 23.4 Å². The zero-order chi connectivity index (χ0) is 14.5. The van der Waals surface area contributed by atoms with Crippen LogP contribution in [0.25, 0.3) is 0 Å². The van der Waals surface area contributed by atoms with E-state index in [4.69, 9.17) is 0 Å². The lowest BCUT2D eigenvalue weighted by atomic mass is 10.1. The Bertz CT molecular complexity index is 469. The zero-order valence-electron chi connectivity index (χ0n) is 12.7. The highest BCUT2D eigenvalue weighted by Crippen LogP contribution is 2.36. The SMILES string of the molecule is CCCc1cc(C(=O)NCC(C)C2CC2)cc(NC)n1. The van der Waals surface area contributed by atoms with Gasteiger partial charge in [-0.3, -0.25) is 4.79 Å². The fourth-order valence-electron chi connectivity index (χ4n) is 2.42. The topological polar surface area (TPSA) is 54.0 Å². The molecule has 1 aliphatic rings. The molecule has 1 fully saturated rings. The van der Waals surface area contributed by atoms with Crippen LogP contribution in [0.1, 0.15) is 49.2 Å². The number of nitrogens with zero attached hydrogens (tertiary/aromatic N) is 1. The lowest BCUT2D eigenvalue weighted by Crippen LogP contribution is -2.29. The molecule has 1 heterocycles. The summed E-state index contributed by atoms with van der Waals surface area (Å²) < 4.78 is 0. The molecule has 110 valence electrons. The second kappa shape index (κ2) is 6.73. The Balaban J connectivity index is 2.01. The van der Waals surface area contributed by atoms with Crippen LogP contribution in [0, 0.1) is 11.8 Å². The number of carbonyl (C=O) groups is 1. The molecule has 0 saturated heterocycles. The molecule has 1 aromatic heterocycles. The quantitative estimate of drug-likeness (QED) is 0.804. The second-order valence-electron chi connectivity index (χ2n) is 5.76. The molecule has 1 atom stereocenters. The van der Waals surface area contributed by atoms with Crippen LogP contribution in [0.4, 0.5) is 5.82 Å². The van der Waals surface area contributed by atoms with E-state index < -0.39 is 0 Å². The summed E-state index contributed by atoms with van der Waals surface area (Å²) in [4.78, 5) is 16.7. The van der Waals surface area contributed by atoms with Gasteiger partial charge >= 0.3 is 0 Å². The molecule has 1 aliphatic carbocycles. The van der Waals surface area contributed by atoms with E-state index in [-0.39, 0.29) is 5.91 Å². The molecule has 0 aliphatic heterocycles. The monoisotopic (exact) mass is 275 g/mol. The van der Waals surface area contributed by atoms with Crippen molar-refractivity contribution in [3.8, 4) is 0 Å². The summed E-state index contributed by atoms with van der Waals surface area (Å²) in [5.41, 5.74) is 1.68. The van der Waals surface area contributed by atoms with Gasteiger partial charge in [-0.2, -0.15) is 0 Å². The van der Waals surface area contributed by atoms with Gasteiger partial charge in [0.15, 0.2) is 0 Å². The van der Waals surface area contributed by atoms with Gasteiger partial charge in [0.05, 0.1) is 0 Å². The second-order valence-corrected chi connectivity index (χ2v) is 5.76. The molecule has 1 aromatic rings. The molecule has 0 aromatic carbocycles. The highest BCUT2D eigenvalue weighted by atomic mass is 16.1. The number of hydrogen-bond acceptors (Lipinski definition) is 3. The molecule has 0 radical (unpaired) electrons. The molecule has 2 N–H and O–H groups in total. The molecular weight excluding hydrogens is 250 g/mol. The number of amides is 1. The highest BCUT2D eigenvalue weighted by Gasteiger charge is 2.27. The van der Waals surface area contributed by atoms with E-state index in [2.05, 4.69) is 29.5 Å². The van der Waals surface area contributed by atoms with Gasteiger partial charge in [0.1, 0.15) is 5.82 Å². The number of hydrogen-bond donors (Lipinski definition) is 2. The molecule has 1 amide bonds. The molecule has 2 rings (SSSR count). The standard InChI is InChI=1S/C16H25N3O/c1-4-5-14-8-13(9-15(17-3)19-14)16(20)18-10-11(2)12-6-7-12/h8-9,11-12H,4-7,10H2,1-3H3,(H,17,19)(H,18,20). The average molecular weight is 275 g/mol. The number of aryl methyl sites for hydroxylation is 1. The predicted octanol–water partition coefficient (Wildman–Crippen LogP) is 2.85. The van der Waals surface area contributed by atoms with Crippen molar-refractivity contribution in [2.24, 2.45) is 11.8 Å². The van der Waals surface area contributed by atoms with E-state index in [1.807, 2.05) is 19.2 Å². The van der Waals surface area contributed by atoms with E-state index in [9.17, 15) is 4.79 Å². The molecule has 4 heteroatoms. The first-order valence-corrected chi connectivity index (χ1v) is 7.61. The van der Waals surface area contributed by atoms with Gasteiger partial charge in [-0.1, -0.05) is 20.3 Å². The number of pyridine rings is 1. The maximum Gasteiger partial charge on any atom is 0.251 e. The third-order valence-electron chi connectivity index (χ3n) is 3.91. The summed E-state index contributed by atoms with van der Waals surface area (Å²) in [6.07, 6.45) is 4.56. The first-order valence-electron chi connectivity index (χ1n) is 7.61. The van der Waals surface area contributed by atoms with E-state index in [1.54, 1.807) is 0 Å². The van der Waals surface area contributed by atoms with Crippen molar-refractivity contribution in [1.29, 1.82) is 0 Å². The summed E-state index contributed by atoms with van der Waals surface area (Å²) in [6.45, 7) is 5.10. The lowest BCUT2D eigenvalue weighted by Gasteiger charge is -2.12. The fraction of sp³-hybridized carbons (Fsp3) is 0.625. The maximum atomic E-state index is 12.3. The summed E-state index contributed by atoms with van der Waals surface area (Å²) in [7, 11) is 1.83. The van der Waals surface area contributed by atoms with Crippen LogP contribution >= 0.6 is 0 Å². The number of rotatable bonds is 7. The first kappa shape index (κ1) is 14.8. The van der Waals surface area contributed by atoms with Gasteiger partial charge in [-0.05, 0) is 43.2 Å². The third-order valence-corrected chi connectivity index (χ3v) is 3.91. The summed E-state index contributed by atoms with van der Waals surface area (Å²) in [5.74, 6) is 2.17. The van der Waals surface area contributed by atoms with Crippen LogP contribution < -0.4 is 10.6 Å². The first-order chi connectivity index (χ1) is 9.63. The van der Waals surface area contributed by atoms with Gasteiger partial charge in [-0.15, -0.1) is 0 Å². The molecule has 0 spiro atoms. The fourth-order valence-corrected chi connectivity index (χ4v) is 2.42. The van der Waals surface area contributed by atoms with Crippen molar-refractivity contribution < 1.29 is 4.79 Å². The average Bonchev–Trinajstić information content (AvgIpc) is 3.29. The van der Waals surface area contributed by atoms with Gasteiger partial charge in [-0.25, -0.2) is 4.98 Å². The Kier molecular flexibility index (Phi) is 4.99. The largest absolute Gasteiger partial charge is 0.373 e. The molecular formula is C16H25N3O. The van der Waals surface area contributed by atoms with Crippen LogP contribution in [0.3, 0.4) is 0 Å². The van der Waals surface area contributed by atoms with Gasteiger partial charge in [0, 0.05) is 24.8 Å². The van der Waals surface area contributed by atoms with Gasteiger partial charge in [0.25, 0.3) is 5.91 Å². The molecule has 4 nitrogen and oxygen atoms in total. The van der Waals surface area contributed by atoms with Crippen LogP contribution in [-0.2, 0) is 6.42 Å². The van der Waals surface area contributed by atoms with E-state index >= 15 is 0 Å². The summed E-state index contributed by atoms with van der Waals surface area (Å²) in [6, 6.07) is 3.72. The van der Waals surface area contributed by atoms with Gasteiger partial charge in [0.2, 0.25) is 0 Å². The van der Waals surface area contributed by atoms with Crippen molar-refractivity contribution in [2.45, 2.75) is 39.5 Å². The van der Waals surface area contributed by atoms with Crippen LogP contribution in [0.2, 0.25) is 0 Å². The maximum absolute atomic E-state index is 12.3. The minimum absolute atomic E-state index is 0.00810. The Morgan fingerprint density at radius 1 is 1.45 bits per heavy atom. The summed E-state index contributed by atoms with van der Waals surface area (Å²) >= 11 is 0. The Labute approximate surface area is 121 Å². The predicted molar refractivity (Wildman–Crippen MR) is 82.0 cm³/mol. The van der Waals surface area contributed by atoms with Crippen molar-refractivity contribution in [3.63, 3.8) is 0 Å². The highest BCUT2D eigenvalue weighted by molar-refractivity contribution is 5.95. The Hall–Kier alpha value is -1.58. The smallest absolute Gasteiger partial charge is 0.251 e. The van der Waals surface area contributed by atoms with Crippen LogP contribution in [0.15, 0.2) is 12.1 Å². The van der Waals surface area contributed by atoms with E-state index in [0.29, 0.717) is 11.5 Å². The van der Waals surface area contributed by atoms with Crippen molar-refractivity contribution >= 4 is 11.7 Å². The summed E-state index contributed by atoms with van der Waals surface area (Å²) in [5, 5.41) is 6.07. The number of carbonyl (C=O) groups excluding carboxylic acids is 1. The van der Waals surface area contributed by atoms with Crippen LogP contribution in [-0.4, -0.2) is 24.5 Å². The minimum atomic E-state index is 0.00810. The molecule has 1 unspecified atom stereocenters. The number of nitrogens with one attached hydrogen (secondary N) is 2. The van der Waals surface area contributed by atoms with Crippen LogP contribution in [0.5, 0.6) is 0 Å². The van der Waals surface area contributed by atoms with E-state index in [0.717, 1.165) is 36.8 Å². The molecule has 20 heavy (non-hydrogen) atoms. The van der Waals surface area contributed by atoms with Crippen molar-refractivity contribution in [1.82, 2.24) is 10.3 Å².